The Kier molecular flexibility index (Phi) is 8.37. The molecule has 1 rings (SSSR count). The fraction of sp³-hybridized carbons (Fsp3) is 0.706. The molecule has 1 aliphatic rings. The van der Waals surface area contributed by atoms with Crippen LogP contribution in [0.3, 0.4) is 0 Å². The molecule has 0 aromatic heterocycles. The van der Waals surface area contributed by atoms with E-state index in [1.54, 1.807) is 0 Å². The van der Waals surface area contributed by atoms with Crippen LogP contribution in [-0.4, -0.2) is 72.9 Å². The lowest BCUT2D eigenvalue weighted by Gasteiger charge is -2.47. The number of esters is 5. The summed E-state index contributed by atoms with van der Waals surface area (Å²) in [6, 6.07) is 0. The Morgan fingerprint density at radius 2 is 1.07 bits per heavy atom. The quantitative estimate of drug-likeness (QED) is 0.327. The van der Waals surface area contributed by atoms with E-state index < -0.39 is 73.4 Å². The second-order valence-electron chi connectivity index (χ2n) is 6.65. The lowest BCUT2D eigenvalue weighted by Crippen LogP contribution is -2.61. The molecule has 29 heavy (non-hydrogen) atoms. The molecule has 0 spiro atoms. The van der Waals surface area contributed by atoms with Gasteiger partial charge in [-0.1, -0.05) is 0 Å². The molecule has 6 atom stereocenters. The maximum absolute atomic E-state index is 13.7. The summed E-state index contributed by atoms with van der Waals surface area (Å²) in [5.41, 5.74) is -1.18. The third kappa shape index (κ3) is 6.56. The molecule has 12 heteroatoms. The predicted molar refractivity (Wildman–Crippen MR) is 96.2 cm³/mol. The summed E-state index contributed by atoms with van der Waals surface area (Å²) in [6.07, 6.45) is -4.34. The highest BCUT2D eigenvalue weighted by Crippen LogP contribution is 2.60. The summed E-state index contributed by atoms with van der Waals surface area (Å²) in [5, 5.41) is 0. The van der Waals surface area contributed by atoms with Crippen molar-refractivity contribution in [1.29, 1.82) is 0 Å². The van der Waals surface area contributed by atoms with Gasteiger partial charge in [-0.2, -0.15) is 0 Å². The average Bonchev–Trinajstić information content (AvgIpc) is 2.52. The van der Waals surface area contributed by atoms with Gasteiger partial charge in [-0.15, -0.1) is 0 Å². The molecule has 164 valence electrons. The van der Waals surface area contributed by atoms with Gasteiger partial charge in [-0.25, -0.2) is 0 Å². The summed E-state index contributed by atoms with van der Waals surface area (Å²) in [7, 11) is -3.69. The molecule has 0 saturated carbocycles. The van der Waals surface area contributed by atoms with E-state index in [-0.39, 0.29) is 0 Å². The van der Waals surface area contributed by atoms with E-state index in [4.69, 9.17) is 23.7 Å². The molecule has 11 nitrogen and oxygen atoms in total. The number of ether oxygens (including phenoxy) is 5. The van der Waals surface area contributed by atoms with Crippen molar-refractivity contribution in [2.45, 2.75) is 64.4 Å². The van der Waals surface area contributed by atoms with Crippen LogP contribution in [0.1, 0.15) is 34.6 Å². The van der Waals surface area contributed by atoms with Crippen LogP contribution in [0.5, 0.6) is 0 Å². The summed E-state index contributed by atoms with van der Waals surface area (Å²) >= 11 is 0. The minimum Gasteiger partial charge on any atom is -0.465 e. The standard InChI is InChI=1S/C17H25O11P/c1-8(18)24-7-13-14(25-9(2)19)15(26-10(3)20)16(27-11(4)21)17(28-12(5)22)29(13,6)23/h13-17H,7H2,1-6H3/t13-,14+,15-,16-,17+,29?/m0/s1. The molecule has 1 heterocycles. The molecule has 0 aliphatic carbocycles. The first kappa shape index (κ1) is 24.6. The Morgan fingerprint density at radius 1 is 0.655 bits per heavy atom. The monoisotopic (exact) mass is 436 g/mol. The molecule has 0 N–H and O–H groups in total. The van der Waals surface area contributed by atoms with Crippen LogP contribution in [-0.2, 0) is 52.2 Å². The number of hydrogen-bond acceptors (Lipinski definition) is 11. The zero-order chi connectivity index (χ0) is 22.5. The van der Waals surface area contributed by atoms with E-state index in [2.05, 4.69) is 0 Å². The number of rotatable bonds is 6. The van der Waals surface area contributed by atoms with E-state index in [1.807, 2.05) is 0 Å². The molecular formula is C17H25O11P. The van der Waals surface area contributed by atoms with E-state index in [1.165, 1.54) is 6.66 Å². The van der Waals surface area contributed by atoms with E-state index in [0.717, 1.165) is 34.6 Å². The van der Waals surface area contributed by atoms with Gasteiger partial charge in [0, 0.05) is 34.6 Å². The average molecular weight is 436 g/mol. The Balaban J connectivity index is 3.59. The maximum atomic E-state index is 13.7. The smallest absolute Gasteiger partial charge is 0.303 e. The molecule has 0 aromatic carbocycles. The lowest BCUT2D eigenvalue weighted by molar-refractivity contribution is -0.197. The molecule has 0 bridgehead atoms. The summed E-state index contributed by atoms with van der Waals surface area (Å²) in [5.74, 6) is -5.47. The van der Waals surface area contributed by atoms with Gasteiger partial charge in [0.2, 0.25) is 0 Å². The number of hydrogen-bond donors (Lipinski definition) is 0. The van der Waals surface area contributed by atoms with Crippen LogP contribution in [0.2, 0.25) is 0 Å². The van der Waals surface area contributed by atoms with Crippen molar-refractivity contribution in [2.75, 3.05) is 13.3 Å². The molecule has 1 fully saturated rings. The van der Waals surface area contributed by atoms with Crippen LogP contribution in [0.4, 0.5) is 0 Å². The van der Waals surface area contributed by atoms with Gasteiger partial charge < -0.3 is 28.2 Å². The van der Waals surface area contributed by atoms with E-state index >= 15 is 0 Å². The van der Waals surface area contributed by atoms with Crippen molar-refractivity contribution < 1.29 is 52.2 Å². The van der Waals surface area contributed by atoms with Crippen LogP contribution in [0, 0.1) is 0 Å². The minimum atomic E-state index is -3.69. The Hall–Kier alpha value is -2.42. The van der Waals surface area contributed by atoms with Crippen LogP contribution in [0.15, 0.2) is 0 Å². The van der Waals surface area contributed by atoms with Gasteiger partial charge in [-0.05, 0) is 6.66 Å². The summed E-state index contributed by atoms with van der Waals surface area (Å²) in [6.45, 7) is 6.16. The van der Waals surface area contributed by atoms with Gasteiger partial charge in [0.1, 0.15) is 13.7 Å². The second kappa shape index (κ2) is 9.87. The fourth-order valence-electron chi connectivity index (χ4n) is 3.11. The SMILES string of the molecule is CC(=O)OC[C@H]1[C@@H](OC(C)=O)[C@H](OC(C)=O)[C@H](OC(C)=O)[C@H](OC(C)=O)P1(C)=O. The topological polar surface area (TPSA) is 149 Å². The molecule has 0 aromatic rings. The lowest BCUT2D eigenvalue weighted by atomic mass is 10.0. The minimum absolute atomic E-state index is 0.469. The maximum Gasteiger partial charge on any atom is 0.303 e. The van der Waals surface area contributed by atoms with Gasteiger partial charge in [0.25, 0.3) is 0 Å². The van der Waals surface area contributed by atoms with Crippen molar-refractivity contribution in [1.82, 2.24) is 0 Å². The molecule has 0 radical (unpaired) electrons. The van der Waals surface area contributed by atoms with Gasteiger partial charge in [-0.3, -0.25) is 24.0 Å². The van der Waals surface area contributed by atoms with E-state index in [9.17, 15) is 28.5 Å². The van der Waals surface area contributed by atoms with E-state index in [0.29, 0.717) is 0 Å². The largest absolute Gasteiger partial charge is 0.465 e. The third-order valence-corrected chi connectivity index (χ3v) is 7.29. The molecule has 1 aliphatic heterocycles. The summed E-state index contributed by atoms with van der Waals surface area (Å²) in [4.78, 5) is 57.9. The molecule has 1 saturated heterocycles. The first-order chi connectivity index (χ1) is 13.3. The summed E-state index contributed by atoms with van der Waals surface area (Å²) < 4.78 is 39.4. The predicted octanol–water partition coefficient (Wildman–Crippen LogP) is 0.609. The Bertz CT molecular complexity index is 731. The second-order valence-corrected chi connectivity index (χ2v) is 9.94. The van der Waals surface area contributed by atoms with Gasteiger partial charge in [0.15, 0.2) is 24.2 Å². The first-order valence-corrected chi connectivity index (χ1v) is 11.0. The van der Waals surface area contributed by atoms with Gasteiger partial charge in [0.05, 0.1) is 5.66 Å². The van der Waals surface area contributed by atoms with Crippen molar-refractivity contribution >= 4 is 37.0 Å². The van der Waals surface area contributed by atoms with Gasteiger partial charge >= 0.3 is 29.8 Å². The Morgan fingerprint density at radius 3 is 1.48 bits per heavy atom. The van der Waals surface area contributed by atoms with Crippen LogP contribution in [0.25, 0.3) is 0 Å². The molecular weight excluding hydrogens is 411 g/mol. The normalized spacial score (nSPS) is 31.2. The molecule has 1 unspecified atom stereocenters. The zero-order valence-electron chi connectivity index (χ0n) is 17.0. The number of carbonyl (C=O) groups excluding carboxylic acids is 5. The zero-order valence-corrected chi connectivity index (χ0v) is 17.9. The third-order valence-electron chi connectivity index (χ3n) is 4.12. The number of carbonyl (C=O) groups is 5. The highest BCUT2D eigenvalue weighted by atomic mass is 31.2. The molecule has 0 amide bonds. The highest BCUT2D eigenvalue weighted by Gasteiger charge is 2.61. The Labute approximate surface area is 167 Å². The highest BCUT2D eigenvalue weighted by molar-refractivity contribution is 7.64. The van der Waals surface area contributed by atoms with Crippen LogP contribution >= 0.6 is 7.14 Å². The van der Waals surface area contributed by atoms with Crippen molar-refractivity contribution in [3.63, 3.8) is 0 Å². The van der Waals surface area contributed by atoms with Crippen molar-refractivity contribution in [3.05, 3.63) is 0 Å². The van der Waals surface area contributed by atoms with Crippen molar-refractivity contribution in [2.24, 2.45) is 0 Å². The fourth-order valence-corrected chi connectivity index (χ4v) is 5.84. The van der Waals surface area contributed by atoms with Crippen LogP contribution < -0.4 is 0 Å². The first-order valence-electron chi connectivity index (χ1n) is 8.66. The van der Waals surface area contributed by atoms with Crippen molar-refractivity contribution in [3.8, 4) is 0 Å².